The summed E-state index contributed by atoms with van der Waals surface area (Å²) in [6.07, 6.45) is 10.4. The molecule has 0 atom stereocenters. The minimum absolute atomic E-state index is 0.286. The van der Waals surface area contributed by atoms with Crippen LogP contribution in [-0.2, 0) is 0 Å². The molecule has 1 saturated heterocycles. The van der Waals surface area contributed by atoms with Gasteiger partial charge in [-0.05, 0) is 43.2 Å². The monoisotopic (exact) mass is 309 g/mol. The second kappa shape index (κ2) is 7.25. The molecule has 0 unspecified atom stereocenters. The molecule has 1 aliphatic heterocycles. The van der Waals surface area contributed by atoms with Gasteiger partial charge in [-0.1, -0.05) is 25.7 Å². The van der Waals surface area contributed by atoms with Gasteiger partial charge in [0.1, 0.15) is 0 Å². The van der Waals surface area contributed by atoms with Crippen molar-refractivity contribution in [1.82, 2.24) is 15.0 Å². The molecular weight excluding hydrogens is 286 g/mol. The van der Waals surface area contributed by atoms with Crippen molar-refractivity contribution in [2.75, 3.05) is 29.9 Å². The molecule has 116 valence electrons. The molecule has 2 fully saturated rings. The van der Waals surface area contributed by atoms with Gasteiger partial charge in [-0.25, -0.2) is 0 Å². The molecule has 5 nitrogen and oxygen atoms in total. The van der Waals surface area contributed by atoms with Crippen LogP contribution < -0.4 is 10.2 Å². The summed E-state index contributed by atoms with van der Waals surface area (Å²) in [5.74, 6) is 2.21. The Morgan fingerprint density at radius 2 is 1.76 bits per heavy atom. The molecule has 1 N–H and O–H groups in total. The van der Waals surface area contributed by atoms with Crippen LogP contribution >= 0.6 is 11.6 Å². The average Bonchev–Trinajstić information content (AvgIpc) is 3.01. The van der Waals surface area contributed by atoms with E-state index >= 15 is 0 Å². The first-order valence-electron chi connectivity index (χ1n) is 8.21. The molecule has 21 heavy (non-hydrogen) atoms. The lowest BCUT2D eigenvalue weighted by Crippen LogP contribution is -2.31. The predicted octanol–water partition coefficient (Wildman–Crippen LogP) is 3.51. The minimum Gasteiger partial charge on any atom is -0.354 e. The highest BCUT2D eigenvalue weighted by Crippen LogP contribution is 2.27. The molecule has 0 amide bonds. The van der Waals surface area contributed by atoms with E-state index in [1.54, 1.807) is 0 Å². The number of hydrogen-bond acceptors (Lipinski definition) is 5. The molecule has 2 aliphatic rings. The Kier molecular flexibility index (Phi) is 5.12. The average molecular weight is 310 g/mol. The number of nitrogens with one attached hydrogen (secondary N) is 1. The number of piperidine rings is 1. The van der Waals surface area contributed by atoms with Gasteiger partial charge >= 0.3 is 0 Å². The second-order valence-electron chi connectivity index (χ2n) is 6.14. The summed E-state index contributed by atoms with van der Waals surface area (Å²) in [5.41, 5.74) is 0. The second-order valence-corrected chi connectivity index (χ2v) is 6.48. The van der Waals surface area contributed by atoms with Crippen molar-refractivity contribution in [2.24, 2.45) is 5.92 Å². The smallest absolute Gasteiger partial charge is 0.231 e. The Labute approximate surface area is 131 Å². The zero-order valence-corrected chi connectivity index (χ0v) is 13.3. The molecule has 1 aromatic heterocycles. The molecule has 0 bridgehead atoms. The number of nitrogens with zero attached hydrogens (tertiary/aromatic N) is 4. The highest BCUT2D eigenvalue weighted by molar-refractivity contribution is 6.28. The van der Waals surface area contributed by atoms with Crippen molar-refractivity contribution in [3.63, 3.8) is 0 Å². The maximum absolute atomic E-state index is 6.05. The quantitative estimate of drug-likeness (QED) is 0.902. The van der Waals surface area contributed by atoms with E-state index in [4.69, 9.17) is 11.6 Å². The molecule has 6 heteroatoms. The Hall–Kier alpha value is -1.10. The fraction of sp³-hybridized carbons (Fsp3) is 0.800. The van der Waals surface area contributed by atoms with Crippen LogP contribution in [0.3, 0.4) is 0 Å². The minimum atomic E-state index is 0.286. The highest BCUT2D eigenvalue weighted by atomic mass is 35.5. The van der Waals surface area contributed by atoms with Crippen molar-refractivity contribution >= 4 is 23.5 Å². The van der Waals surface area contributed by atoms with Crippen LogP contribution in [0.25, 0.3) is 0 Å². The van der Waals surface area contributed by atoms with Crippen molar-refractivity contribution in [1.29, 1.82) is 0 Å². The van der Waals surface area contributed by atoms with Crippen molar-refractivity contribution < 1.29 is 0 Å². The maximum atomic E-state index is 6.05. The third-order valence-corrected chi connectivity index (χ3v) is 4.71. The summed E-state index contributed by atoms with van der Waals surface area (Å²) in [6.45, 7) is 2.95. The van der Waals surface area contributed by atoms with Gasteiger partial charge in [-0.3, -0.25) is 0 Å². The van der Waals surface area contributed by atoms with E-state index in [0.29, 0.717) is 5.95 Å². The molecular formula is C15H24ClN5. The van der Waals surface area contributed by atoms with Crippen LogP contribution in [0.5, 0.6) is 0 Å². The van der Waals surface area contributed by atoms with E-state index < -0.39 is 0 Å². The van der Waals surface area contributed by atoms with E-state index in [1.807, 2.05) is 0 Å². The Bertz CT molecular complexity index is 455. The first-order chi connectivity index (χ1) is 10.3. The largest absolute Gasteiger partial charge is 0.354 e. The van der Waals surface area contributed by atoms with Crippen LogP contribution in [-0.4, -0.2) is 34.6 Å². The SMILES string of the molecule is Clc1nc(NCCC2CCCC2)nc(N2CCCCC2)n1. The molecule has 1 saturated carbocycles. The van der Waals surface area contributed by atoms with Crippen LogP contribution in [0.4, 0.5) is 11.9 Å². The lowest BCUT2D eigenvalue weighted by molar-refractivity contribution is 0.518. The number of anilines is 2. The number of aromatic nitrogens is 3. The molecule has 2 heterocycles. The molecule has 1 aromatic rings. The van der Waals surface area contributed by atoms with Gasteiger partial charge < -0.3 is 10.2 Å². The van der Waals surface area contributed by atoms with Gasteiger partial charge in [0, 0.05) is 19.6 Å². The predicted molar refractivity (Wildman–Crippen MR) is 86.0 cm³/mol. The summed E-state index contributed by atoms with van der Waals surface area (Å²) in [6, 6.07) is 0. The molecule has 0 spiro atoms. The van der Waals surface area contributed by atoms with E-state index in [0.717, 1.165) is 31.5 Å². The molecule has 0 radical (unpaired) electrons. The van der Waals surface area contributed by atoms with Crippen LogP contribution in [0.2, 0.25) is 5.28 Å². The van der Waals surface area contributed by atoms with Crippen molar-refractivity contribution in [3.8, 4) is 0 Å². The zero-order chi connectivity index (χ0) is 14.5. The van der Waals surface area contributed by atoms with E-state index in [2.05, 4.69) is 25.2 Å². The Morgan fingerprint density at radius 3 is 2.52 bits per heavy atom. The third kappa shape index (κ3) is 4.19. The van der Waals surface area contributed by atoms with Gasteiger partial charge in [0.05, 0.1) is 0 Å². The Balaban J connectivity index is 1.57. The molecule has 0 aromatic carbocycles. The van der Waals surface area contributed by atoms with Crippen LogP contribution in [0.1, 0.15) is 51.4 Å². The standard InChI is InChI=1S/C15H24ClN5/c16-13-18-14(17-9-8-12-6-2-3-7-12)20-15(19-13)21-10-4-1-5-11-21/h12H,1-11H2,(H,17,18,19,20). The molecule has 1 aliphatic carbocycles. The van der Waals surface area contributed by atoms with Gasteiger partial charge in [0.15, 0.2) is 0 Å². The van der Waals surface area contributed by atoms with E-state index in [1.165, 1.54) is 51.4 Å². The number of hydrogen-bond donors (Lipinski definition) is 1. The highest BCUT2D eigenvalue weighted by Gasteiger charge is 2.17. The van der Waals surface area contributed by atoms with Gasteiger partial charge in [0.25, 0.3) is 0 Å². The lowest BCUT2D eigenvalue weighted by Gasteiger charge is -2.26. The fourth-order valence-corrected chi connectivity index (χ4v) is 3.50. The molecule has 3 rings (SSSR count). The van der Waals surface area contributed by atoms with Gasteiger partial charge in [-0.15, -0.1) is 0 Å². The lowest BCUT2D eigenvalue weighted by atomic mass is 10.0. The first-order valence-corrected chi connectivity index (χ1v) is 8.59. The maximum Gasteiger partial charge on any atom is 0.231 e. The van der Waals surface area contributed by atoms with Gasteiger partial charge in [0.2, 0.25) is 17.2 Å². The van der Waals surface area contributed by atoms with Crippen LogP contribution in [0, 0.1) is 5.92 Å². The summed E-state index contributed by atoms with van der Waals surface area (Å²) in [5, 5.41) is 3.60. The van der Waals surface area contributed by atoms with Crippen molar-refractivity contribution in [3.05, 3.63) is 5.28 Å². The van der Waals surface area contributed by atoms with E-state index in [-0.39, 0.29) is 5.28 Å². The Morgan fingerprint density at radius 1 is 1.00 bits per heavy atom. The normalized spacial score (nSPS) is 20.0. The third-order valence-electron chi connectivity index (χ3n) is 4.55. The van der Waals surface area contributed by atoms with Gasteiger partial charge in [-0.2, -0.15) is 15.0 Å². The zero-order valence-electron chi connectivity index (χ0n) is 12.5. The number of rotatable bonds is 5. The summed E-state index contributed by atoms with van der Waals surface area (Å²) < 4.78 is 0. The number of halogens is 1. The summed E-state index contributed by atoms with van der Waals surface area (Å²) in [7, 11) is 0. The van der Waals surface area contributed by atoms with Crippen LogP contribution in [0.15, 0.2) is 0 Å². The topological polar surface area (TPSA) is 53.9 Å². The summed E-state index contributed by atoms with van der Waals surface area (Å²) >= 11 is 6.05. The van der Waals surface area contributed by atoms with E-state index in [9.17, 15) is 0 Å². The fourth-order valence-electron chi connectivity index (χ4n) is 3.34. The first kappa shape index (κ1) is 14.8. The summed E-state index contributed by atoms with van der Waals surface area (Å²) in [4.78, 5) is 15.2. The van der Waals surface area contributed by atoms with Crippen molar-refractivity contribution in [2.45, 2.75) is 51.4 Å².